The molecule has 0 radical (unpaired) electrons. The predicted molar refractivity (Wildman–Crippen MR) is 115 cm³/mol. The van der Waals surface area contributed by atoms with Gasteiger partial charge in [-0.3, -0.25) is 4.79 Å². The molecular weight excluding hydrogens is 416 g/mol. The number of aromatic amines is 1. The van der Waals surface area contributed by atoms with Gasteiger partial charge in [-0.25, -0.2) is 13.6 Å². The van der Waals surface area contributed by atoms with Crippen LogP contribution in [0, 0.1) is 18.6 Å². The number of ketones is 1. The van der Waals surface area contributed by atoms with Crippen molar-refractivity contribution in [3.63, 3.8) is 0 Å². The summed E-state index contributed by atoms with van der Waals surface area (Å²) in [7, 11) is 0. The molecule has 3 heterocycles. The molecule has 3 aromatic rings. The summed E-state index contributed by atoms with van der Waals surface area (Å²) in [5.74, 6) is -2.19. The number of Topliss-reactive ketones (excluding diaryl/α,β-unsaturated/α-hetero) is 1. The molecular formula is C24H23F2N3O3. The van der Waals surface area contributed by atoms with E-state index < -0.39 is 17.2 Å². The van der Waals surface area contributed by atoms with Crippen molar-refractivity contribution in [1.29, 1.82) is 0 Å². The van der Waals surface area contributed by atoms with Crippen molar-refractivity contribution in [1.82, 2.24) is 15.2 Å². The standard InChI is InChI=1S/C24H23F2N3O3/c1-14-8-16-9-15(2-3-20(16)28-14)13-27-23(31)29-6-4-24(5-7-29)12-21(30)18-10-17(25)11-19(26)22(18)32-24/h2-3,8-11,28H,4-7,12-13H2,1H3,(H,27,31). The molecule has 0 aliphatic carbocycles. The molecule has 1 spiro atoms. The van der Waals surface area contributed by atoms with Crippen molar-refractivity contribution in [2.24, 2.45) is 0 Å². The molecule has 32 heavy (non-hydrogen) atoms. The van der Waals surface area contributed by atoms with E-state index in [0.29, 0.717) is 32.5 Å². The van der Waals surface area contributed by atoms with Crippen LogP contribution in [0.2, 0.25) is 0 Å². The lowest BCUT2D eigenvalue weighted by molar-refractivity contribution is -0.00365. The van der Waals surface area contributed by atoms with Crippen LogP contribution in [0.25, 0.3) is 10.9 Å². The van der Waals surface area contributed by atoms with E-state index in [9.17, 15) is 18.4 Å². The smallest absolute Gasteiger partial charge is 0.317 e. The van der Waals surface area contributed by atoms with Crippen LogP contribution in [-0.4, -0.2) is 40.4 Å². The van der Waals surface area contributed by atoms with Gasteiger partial charge in [0.2, 0.25) is 0 Å². The fourth-order valence-corrected chi connectivity index (χ4v) is 4.63. The molecule has 1 fully saturated rings. The number of ether oxygens (including phenoxy) is 1. The second kappa shape index (κ2) is 7.62. The number of aryl methyl sites for hydroxylation is 1. The van der Waals surface area contributed by atoms with Crippen molar-refractivity contribution in [2.45, 2.75) is 38.3 Å². The van der Waals surface area contributed by atoms with Crippen LogP contribution in [0.3, 0.4) is 0 Å². The summed E-state index contributed by atoms with van der Waals surface area (Å²) >= 11 is 0. The van der Waals surface area contributed by atoms with Gasteiger partial charge in [-0.15, -0.1) is 0 Å². The Balaban J connectivity index is 1.21. The number of rotatable bonds is 2. The lowest BCUT2D eigenvalue weighted by Crippen LogP contribution is -2.54. The summed E-state index contributed by atoms with van der Waals surface area (Å²) in [6, 6.07) is 9.62. The average Bonchev–Trinajstić information content (AvgIpc) is 3.13. The maximum atomic E-state index is 14.2. The molecule has 0 atom stereocenters. The van der Waals surface area contributed by atoms with E-state index >= 15 is 0 Å². The number of carbonyl (C=O) groups excluding carboxylic acids is 2. The van der Waals surface area contributed by atoms with Crippen LogP contribution in [-0.2, 0) is 6.54 Å². The van der Waals surface area contributed by atoms with Crippen LogP contribution in [0.1, 0.15) is 40.9 Å². The van der Waals surface area contributed by atoms with Gasteiger partial charge in [0.15, 0.2) is 17.3 Å². The van der Waals surface area contributed by atoms with E-state index in [1.165, 1.54) is 0 Å². The van der Waals surface area contributed by atoms with Gasteiger partial charge in [0, 0.05) is 49.8 Å². The van der Waals surface area contributed by atoms with Gasteiger partial charge in [0.25, 0.3) is 0 Å². The number of piperidine rings is 1. The minimum absolute atomic E-state index is 0.0500. The van der Waals surface area contributed by atoms with E-state index in [0.717, 1.165) is 34.3 Å². The van der Waals surface area contributed by atoms with E-state index in [4.69, 9.17) is 4.74 Å². The van der Waals surface area contributed by atoms with Gasteiger partial charge in [0.1, 0.15) is 11.4 Å². The van der Waals surface area contributed by atoms with Crippen LogP contribution < -0.4 is 10.1 Å². The first kappa shape index (κ1) is 20.5. The number of halogens is 2. The van der Waals surface area contributed by atoms with Crippen LogP contribution in [0.15, 0.2) is 36.4 Å². The Bertz CT molecular complexity index is 1230. The topological polar surface area (TPSA) is 74.4 Å². The molecule has 2 aliphatic heterocycles. The number of hydrogen-bond acceptors (Lipinski definition) is 3. The number of H-pyrrole nitrogens is 1. The van der Waals surface area contributed by atoms with Gasteiger partial charge in [-0.1, -0.05) is 6.07 Å². The quantitative estimate of drug-likeness (QED) is 0.619. The predicted octanol–water partition coefficient (Wildman–Crippen LogP) is 4.46. The summed E-state index contributed by atoms with van der Waals surface area (Å²) in [6.07, 6.45) is 0.850. The van der Waals surface area contributed by atoms with Crippen molar-refractivity contribution in [3.05, 3.63) is 64.9 Å². The number of aromatic nitrogens is 1. The maximum Gasteiger partial charge on any atom is 0.317 e. The third-order valence-corrected chi connectivity index (χ3v) is 6.34. The molecule has 2 aromatic carbocycles. The third kappa shape index (κ3) is 3.70. The highest BCUT2D eigenvalue weighted by Crippen LogP contribution is 2.41. The highest BCUT2D eigenvalue weighted by atomic mass is 19.1. The van der Waals surface area contributed by atoms with Gasteiger partial charge in [0.05, 0.1) is 12.0 Å². The van der Waals surface area contributed by atoms with Gasteiger partial charge < -0.3 is 19.9 Å². The summed E-state index contributed by atoms with van der Waals surface area (Å²) in [5, 5.41) is 4.04. The molecule has 2 aliphatic rings. The number of amides is 2. The molecule has 1 saturated heterocycles. The molecule has 0 unspecified atom stereocenters. The van der Waals surface area contributed by atoms with Crippen LogP contribution in [0.5, 0.6) is 5.75 Å². The third-order valence-electron chi connectivity index (χ3n) is 6.34. The number of likely N-dealkylation sites (tertiary alicyclic amines) is 1. The number of benzene rings is 2. The summed E-state index contributed by atoms with van der Waals surface area (Å²) in [4.78, 5) is 30.1. The van der Waals surface area contributed by atoms with Crippen LogP contribution >= 0.6 is 0 Å². The zero-order valence-electron chi connectivity index (χ0n) is 17.6. The number of hydrogen-bond donors (Lipinski definition) is 2. The summed E-state index contributed by atoms with van der Waals surface area (Å²) < 4.78 is 33.6. The molecule has 0 bridgehead atoms. The normalized spacial score (nSPS) is 17.3. The Labute approximate surface area is 183 Å². The lowest BCUT2D eigenvalue weighted by atomic mass is 9.82. The molecule has 1 aromatic heterocycles. The SMILES string of the molecule is Cc1cc2cc(CNC(=O)N3CCC4(CC3)CC(=O)c3cc(F)cc(F)c3O4)ccc2[nH]1. The first-order chi connectivity index (χ1) is 15.3. The fourth-order valence-electron chi connectivity index (χ4n) is 4.63. The molecule has 8 heteroatoms. The molecule has 2 N–H and O–H groups in total. The largest absolute Gasteiger partial charge is 0.483 e. The minimum Gasteiger partial charge on any atom is -0.483 e. The lowest BCUT2D eigenvalue weighted by Gasteiger charge is -2.43. The first-order valence-electron chi connectivity index (χ1n) is 10.6. The first-order valence-corrected chi connectivity index (χ1v) is 10.6. The Morgan fingerprint density at radius 2 is 1.97 bits per heavy atom. The highest BCUT2D eigenvalue weighted by Gasteiger charge is 2.44. The Morgan fingerprint density at radius 3 is 2.75 bits per heavy atom. The van der Waals surface area contributed by atoms with Crippen molar-refractivity contribution in [3.8, 4) is 5.75 Å². The van der Waals surface area contributed by atoms with E-state index in [-0.39, 0.29) is 29.5 Å². The number of urea groups is 1. The Hall–Kier alpha value is -3.42. The zero-order valence-corrected chi connectivity index (χ0v) is 17.6. The number of carbonyl (C=O) groups is 2. The van der Waals surface area contributed by atoms with Crippen molar-refractivity contribution >= 4 is 22.7 Å². The monoisotopic (exact) mass is 439 g/mol. The number of nitrogens with zero attached hydrogens (tertiary/aromatic N) is 1. The zero-order chi connectivity index (χ0) is 22.5. The van der Waals surface area contributed by atoms with E-state index in [1.54, 1.807) is 4.90 Å². The Morgan fingerprint density at radius 1 is 1.19 bits per heavy atom. The fraction of sp³-hybridized carbons (Fsp3) is 0.333. The summed E-state index contributed by atoms with van der Waals surface area (Å²) in [5.41, 5.74) is 2.22. The molecule has 166 valence electrons. The second-order valence-electron chi connectivity index (χ2n) is 8.67. The van der Waals surface area contributed by atoms with E-state index in [1.807, 2.05) is 25.1 Å². The molecule has 0 saturated carbocycles. The molecule has 2 amide bonds. The Kier molecular flexibility index (Phi) is 4.87. The van der Waals surface area contributed by atoms with Gasteiger partial charge >= 0.3 is 6.03 Å². The van der Waals surface area contributed by atoms with Crippen molar-refractivity contribution < 1.29 is 23.1 Å². The average molecular weight is 439 g/mol. The second-order valence-corrected chi connectivity index (χ2v) is 8.67. The molecule has 5 rings (SSSR count). The van der Waals surface area contributed by atoms with Gasteiger partial charge in [-0.05, 0) is 42.1 Å². The highest BCUT2D eigenvalue weighted by molar-refractivity contribution is 6.00. The minimum atomic E-state index is -0.873. The summed E-state index contributed by atoms with van der Waals surface area (Å²) in [6.45, 7) is 3.17. The number of nitrogens with one attached hydrogen (secondary N) is 2. The number of fused-ring (bicyclic) bond motifs is 2. The van der Waals surface area contributed by atoms with Gasteiger partial charge in [-0.2, -0.15) is 0 Å². The van der Waals surface area contributed by atoms with Crippen molar-refractivity contribution in [2.75, 3.05) is 13.1 Å². The maximum absolute atomic E-state index is 14.2. The van der Waals surface area contributed by atoms with Crippen LogP contribution in [0.4, 0.5) is 13.6 Å². The van der Waals surface area contributed by atoms with E-state index in [2.05, 4.69) is 16.4 Å². The molecule has 6 nitrogen and oxygen atoms in total.